The van der Waals surface area contributed by atoms with Crippen LogP contribution < -0.4 is 10.1 Å². The van der Waals surface area contributed by atoms with Crippen molar-refractivity contribution >= 4 is 23.2 Å². The lowest BCUT2D eigenvalue weighted by Gasteiger charge is -2.20. The molecule has 0 spiro atoms. The molecule has 2 aromatic carbocycles. The number of benzene rings is 2. The molecule has 33 heavy (non-hydrogen) atoms. The third-order valence-electron chi connectivity index (χ3n) is 5.04. The van der Waals surface area contributed by atoms with E-state index < -0.39 is 24.4 Å². The summed E-state index contributed by atoms with van der Waals surface area (Å²) in [6, 6.07) is 12.9. The molecule has 176 valence electrons. The highest BCUT2D eigenvalue weighted by atomic mass is 35.5. The van der Waals surface area contributed by atoms with Crippen molar-refractivity contribution in [2.45, 2.75) is 45.7 Å². The fourth-order valence-corrected chi connectivity index (χ4v) is 3.63. The number of ether oxygens (including phenoxy) is 1. The zero-order chi connectivity index (χ0) is 24.3. The summed E-state index contributed by atoms with van der Waals surface area (Å²) in [5.41, 5.74) is 1.69. The maximum atomic E-state index is 13.3. The van der Waals surface area contributed by atoms with Crippen LogP contribution >= 0.6 is 11.6 Å². The van der Waals surface area contributed by atoms with Crippen LogP contribution in [0.5, 0.6) is 5.88 Å². The van der Waals surface area contributed by atoms with E-state index in [1.807, 2.05) is 45.9 Å². The van der Waals surface area contributed by atoms with Crippen molar-refractivity contribution in [3.05, 3.63) is 70.4 Å². The molecule has 1 N–H and O–H groups in total. The van der Waals surface area contributed by atoms with Crippen LogP contribution in [0.1, 0.15) is 56.4 Å². The summed E-state index contributed by atoms with van der Waals surface area (Å²) in [5.74, 6) is -0.413. The molecule has 1 amide bonds. The van der Waals surface area contributed by atoms with Crippen LogP contribution in [0.3, 0.4) is 0 Å². The molecule has 0 bridgehead atoms. The number of nitrogens with one attached hydrogen (secondary N) is 1. The van der Waals surface area contributed by atoms with Crippen LogP contribution in [-0.2, 0) is 11.0 Å². The molecule has 9 heteroatoms. The summed E-state index contributed by atoms with van der Waals surface area (Å²) in [6.07, 6.45) is -4.69. The Balaban J connectivity index is 1.87. The predicted octanol–water partition coefficient (Wildman–Crippen LogP) is 6.81. The number of amides is 1. The van der Waals surface area contributed by atoms with Crippen LogP contribution in [0.15, 0.2) is 48.5 Å². The van der Waals surface area contributed by atoms with Gasteiger partial charge in [-0.3, -0.25) is 4.79 Å². The molecule has 1 aromatic heterocycles. The third-order valence-corrected chi connectivity index (χ3v) is 5.36. The fourth-order valence-electron chi connectivity index (χ4n) is 3.41. The molecular weight excluding hydrogens is 455 g/mol. The summed E-state index contributed by atoms with van der Waals surface area (Å²) >= 11 is 6.14. The smallest absolute Gasteiger partial charge is 0.435 e. The molecule has 3 aromatic rings. The molecule has 1 heterocycles. The van der Waals surface area contributed by atoms with Gasteiger partial charge in [-0.05, 0) is 35.1 Å². The van der Waals surface area contributed by atoms with E-state index in [0.717, 1.165) is 21.9 Å². The molecule has 0 radical (unpaired) electrons. The lowest BCUT2D eigenvalue weighted by molar-refractivity contribution is -0.141. The zero-order valence-electron chi connectivity index (χ0n) is 18.7. The number of carbonyl (C=O) groups is 1. The van der Waals surface area contributed by atoms with E-state index >= 15 is 0 Å². The van der Waals surface area contributed by atoms with E-state index in [2.05, 4.69) is 10.4 Å². The van der Waals surface area contributed by atoms with E-state index in [9.17, 15) is 18.0 Å². The molecule has 3 rings (SSSR count). The van der Waals surface area contributed by atoms with Crippen molar-refractivity contribution in [1.29, 1.82) is 0 Å². The van der Waals surface area contributed by atoms with Crippen molar-refractivity contribution in [2.24, 2.45) is 0 Å². The van der Waals surface area contributed by atoms with Crippen LogP contribution in [-0.4, -0.2) is 22.3 Å². The molecule has 0 atom stereocenters. The van der Waals surface area contributed by atoms with E-state index in [-0.39, 0.29) is 28.4 Å². The van der Waals surface area contributed by atoms with Gasteiger partial charge in [0.05, 0.1) is 10.7 Å². The molecule has 0 unspecified atom stereocenters. The lowest BCUT2D eigenvalue weighted by atomic mass is 9.92. The van der Waals surface area contributed by atoms with E-state index in [0.29, 0.717) is 5.69 Å². The minimum atomic E-state index is -4.69. The Hall–Kier alpha value is -3.00. The van der Waals surface area contributed by atoms with Gasteiger partial charge in [-0.2, -0.15) is 23.0 Å². The summed E-state index contributed by atoms with van der Waals surface area (Å²) in [7, 11) is 0. The van der Waals surface area contributed by atoms with Gasteiger partial charge in [-0.1, -0.05) is 69.6 Å². The van der Waals surface area contributed by atoms with E-state index in [1.54, 1.807) is 12.1 Å². The quantitative estimate of drug-likeness (QED) is 0.405. The summed E-state index contributed by atoms with van der Waals surface area (Å²) in [5, 5.41) is 6.67. The Labute approximate surface area is 195 Å². The topological polar surface area (TPSA) is 56.1 Å². The number of nitrogens with zero attached hydrogens (tertiary/aromatic N) is 2. The highest BCUT2D eigenvalue weighted by Crippen LogP contribution is 2.34. The maximum Gasteiger partial charge on any atom is 0.435 e. The highest BCUT2D eigenvalue weighted by molar-refractivity contribution is 6.32. The summed E-state index contributed by atoms with van der Waals surface area (Å²) in [4.78, 5) is 12.7. The number of rotatable bonds is 7. The fraction of sp³-hybridized carbons (Fsp3) is 0.333. The number of aromatic nitrogens is 2. The van der Waals surface area contributed by atoms with Gasteiger partial charge in [0.1, 0.15) is 0 Å². The number of anilines is 1. The number of carbonyl (C=O) groups excluding carboxylic acids is 1. The first kappa shape index (κ1) is 24.6. The van der Waals surface area contributed by atoms with Crippen molar-refractivity contribution in [2.75, 3.05) is 11.9 Å². The van der Waals surface area contributed by atoms with Crippen LogP contribution in [0, 0.1) is 0 Å². The first-order valence-electron chi connectivity index (χ1n) is 10.5. The van der Waals surface area contributed by atoms with E-state index in [1.165, 1.54) is 12.1 Å². The minimum Gasteiger partial charge on any atom is -0.467 e. The van der Waals surface area contributed by atoms with Gasteiger partial charge in [0, 0.05) is 11.8 Å². The van der Waals surface area contributed by atoms with Gasteiger partial charge in [0.25, 0.3) is 5.91 Å². The first-order valence-corrected chi connectivity index (χ1v) is 10.8. The van der Waals surface area contributed by atoms with Crippen molar-refractivity contribution in [1.82, 2.24) is 9.78 Å². The second kappa shape index (κ2) is 9.87. The SMILES string of the molecule is CC(C)c1cccc(C(C)C)c1NC(=O)COc1cc(C(F)(F)F)nn1-c1ccccc1Cl. The monoisotopic (exact) mass is 479 g/mol. The Morgan fingerprint density at radius 2 is 1.67 bits per heavy atom. The van der Waals surface area contributed by atoms with Crippen molar-refractivity contribution in [3.63, 3.8) is 0 Å². The molecule has 0 fully saturated rings. The highest BCUT2D eigenvalue weighted by Gasteiger charge is 2.36. The number of alkyl halides is 3. The first-order chi connectivity index (χ1) is 15.5. The van der Waals surface area contributed by atoms with Crippen LogP contribution in [0.2, 0.25) is 5.02 Å². The zero-order valence-corrected chi connectivity index (χ0v) is 19.5. The Morgan fingerprint density at radius 3 is 2.21 bits per heavy atom. The van der Waals surface area contributed by atoms with Gasteiger partial charge < -0.3 is 10.1 Å². The van der Waals surface area contributed by atoms with Crippen LogP contribution in [0.25, 0.3) is 5.69 Å². The number of halogens is 4. The van der Waals surface area contributed by atoms with E-state index in [4.69, 9.17) is 16.3 Å². The Morgan fingerprint density at radius 1 is 1.06 bits per heavy atom. The summed E-state index contributed by atoms with van der Waals surface area (Å²) < 4.78 is 46.3. The maximum absolute atomic E-state index is 13.3. The second-order valence-corrected chi connectivity index (χ2v) is 8.59. The molecular formula is C24H25ClF3N3O2. The molecule has 0 aliphatic carbocycles. The van der Waals surface area contributed by atoms with Crippen molar-refractivity contribution < 1.29 is 22.7 Å². The van der Waals surface area contributed by atoms with Gasteiger partial charge in [-0.15, -0.1) is 0 Å². The van der Waals surface area contributed by atoms with Crippen molar-refractivity contribution in [3.8, 4) is 11.6 Å². The van der Waals surface area contributed by atoms with Gasteiger partial charge in [0.2, 0.25) is 5.88 Å². The Bertz CT molecular complexity index is 1110. The van der Waals surface area contributed by atoms with Gasteiger partial charge in [0.15, 0.2) is 12.3 Å². The third kappa shape index (κ3) is 5.68. The van der Waals surface area contributed by atoms with Gasteiger partial charge >= 0.3 is 6.18 Å². The largest absolute Gasteiger partial charge is 0.467 e. The summed E-state index contributed by atoms with van der Waals surface area (Å²) in [6.45, 7) is 7.58. The second-order valence-electron chi connectivity index (χ2n) is 8.19. The molecule has 5 nitrogen and oxygen atoms in total. The lowest BCUT2D eigenvalue weighted by Crippen LogP contribution is -2.23. The number of hydrogen-bond acceptors (Lipinski definition) is 3. The standard InChI is InChI=1S/C24H25ClF3N3O2/c1-14(2)16-8-7-9-17(15(3)4)23(16)29-21(32)13-33-22-12-20(24(26,27)28)30-31(22)19-11-6-5-10-18(19)25/h5-12,14-15H,13H2,1-4H3,(H,29,32). The predicted molar refractivity (Wildman–Crippen MR) is 122 cm³/mol. The van der Waals surface area contributed by atoms with Gasteiger partial charge in [-0.25, -0.2) is 0 Å². The average molecular weight is 480 g/mol. The average Bonchev–Trinajstić information content (AvgIpc) is 3.17. The molecule has 0 saturated carbocycles. The molecule has 0 aliphatic heterocycles. The minimum absolute atomic E-state index is 0.163. The Kier molecular flexibility index (Phi) is 7.37. The molecule has 0 aliphatic rings. The number of para-hydroxylation sites is 2. The normalized spacial score (nSPS) is 11.8. The number of hydrogen-bond donors (Lipinski definition) is 1. The molecule has 0 saturated heterocycles. The van der Waals surface area contributed by atoms with Crippen LogP contribution in [0.4, 0.5) is 18.9 Å².